The van der Waals surface area contributed by atoms with Crippen LogP contribution in [0.25, 0.3) is 11.1 Å². The van der Waals surface area contributed by atoms with Crippen LogP contribution >= 0.6 is 12.4 Å². The number of hydrogen-bond donors (Lipinski definition) is 1. The van der Waals surface area contributed by atoms with Gasteiger partial charge in [-0.2, -0.15) is 5.10 Å². The Hall–Kier alpha value is -1.32. The summed E-state index contributed by atoms with van der Waals surface area (Å²) in [6, 6.07) is 6.64. The maximum absolute atomic E-state index is 5.73. The SMILES string of the molecule is Cc1c(CN)cccc1-c1cnn(C(C)C)c1.Cl. The highest BCUT2D eigenvalue weighted by atomic mass is 35.5. The summed E-state index contributed by atoms with van der Waals surface area (Å²) in [5, 5.41) is 4.37. The Balaban J connectivity index is 0.00000162. The highest BCUT2D eigenvalue weighted by Crippen LogP contribution is 2.25. The molecule has 0 aliphatic carbocycles. The highest BCUT2D eigenvalue weighted by Gasteiger charge is 2.08. The van der Waals surface area contributed by atoms with E-state index in [9.17, 15) is 0 Å². The molecule has 0 saturated heterocycles. The molecule has 1 aromatic heterocycles. The average molecular weight is 266 g/mol. The van der Waals surface area contributed by atoms with Gasteiger partial charge in [-0.1, -0.05) is 18.2 Å². The van der Waals surface area contributed by atoms with E-state index in [2.05, 4.69) is 50.3 Å². The third-order valence-corrected chi connectivity index (χ3v) is 3.11. The first-order valence-corrected chi connectivity index (χ1v) is 5.96. The van der Waals surface area contributed by atoms with Crippen molar-refractivity contribution in [2.75, 3.05) is 0 Å². The number of hydrogen-bond acceptors (Lipinski definition) is 2. The first kappa shape index (κ1) is 14.7. The van der Waals surface area contributed by atoms with Crippen molar-refractivity contribution in [1.82, 2.24) is 9.78 Å². The minimum absolute atomic E-state index is 0. The van der Waals surface area contributed by atoms with Crippen LogP contribution in [0.1, 0.15) is 31.0 Å². The molecule has 1 aromatic carbocycles. The summed E-state index contributed by atoms with van der Waals surface area (Å²) in [6.45, 7) is 6.95. The average Bonchev–Trinajstić information content (AvgIpc) is 2.78. The van der Waals surface area contributed by atoms with Crippen LogP contribution < -0.4 is 5.73 Å². The minimum atomic E-state index is 0. The van der Waals surface area contributed by atoms with Gasteiger partial charge in [0.2, 0.25) is 0 Å². The van der Waals surface area contributed by atoms with Crippen LogP contribution in [0.3, 0.4) is 0 Å². The van der Waals surface area contributed by atoms with Crippen LogP contribution in [0.4, 0.5) is 0 Å². The second-order valence-electron chi connectivity index (χ2n) is 4.60. The van der Waals surface area contributed by atoms with Gasteiger partial charge in [0.25, 0.3) is 0 Å². The summed E-state index contributed by atoms with van der Waals surface area (Å²) < 4.78 is 1.98. The molecule has 0 radical (unpaired) electrons. The fourth-order valence-corrected chi connectivity index (χ4v) is 1.98. The number of benzene rings is 1. The Labute approximate surface area is 114 Å². The van der Waals surface area contributed by atoms with E-state index in [0.29, 0.717) is 12.6 Å². The van der Waals surface area contributed by atoms with Crippen molar-refractivity contribution in [3.8, 4) is 11.1 Å². The molecule has 2 N–H and O–H groups in total. The van der Waals surface area contributed by atoms with Crippen molar-refractivity contribution in [2.45, 2.75) is 33.4 Å². The molecule has 2 rings (SSSR count). The summed E-state index contributed by atoms with van der Waals surface area (Å²) in [5.74, 6) is 0. The van der Waals surface area contributed by atoms with Gasteiger partial charge in [-0.3, -0.25) is 4.68 Å². The first-order chi connectivity index (χ1) is 8.13. The van der Waals surface area contributed by atoms with Gasteiger partial charge >= 0.3 is 0 Å². The van der Waals surface area contributed by atoms with E-state index in [1.165, 1.54) is 16.7 Å². The lowest BCUT2D eigenvalue weighted by Crippen LogP contribution is -2.00. The van der Waals surface area contributed by atoms with Crippen LogP contribution in [-0.2, 0) is 6.54 Å². The van der Waals surface area contributed by atoms with E-state index in [1.54, 1.807) is 0 Å². The lowest BCUT2D eigenvalue weighted by Gasteiger charge is -2.08. The molecule has 18 heavy (non-hydrogen) atoms. The lowest BCUT2D eigenvalue weighted by molar-refractivity contribution is 0.532. The van der Waals surface area contributed by atoms with E-state index in [-0.39, 0.29) is 12.4 Å². The van der Waals surface area contributed by atoms with Gasteiger partial charge < -0.3 is 5.73 Å². The molecule has 0 aliphatic heterocycles. The second kappa shape index (κ2) is 6.03. The molecule has 3 nitrogen and oxygen atoms in total. The van der Waals surface area contributed by atoms with E-state index in [1.807, 2.05) is 10.9 Å². The smallest absolute Gasteiger partial charge is 0.0568 e. The monoisotopic (exact) mass is 265 g/mol. The summed E-state index contributed by atoms with van der Waals surface area (Å²) in [4.78, 5) is 0. The predicted molar refractivity (Wildman–Crippen MR) is 77.9 cm³/mol. The molecule has 98 valence electrons. The Bertz CT molecular complexity index is 518. The summed E-state index contributed by atoms with van der Waals surface area (Å²) in [6.07, 6.45) is 4.01. The molecule has 0 unspecified atom stereocenters. The Morgan fingerprint density at radius 3 is 2.61 bits per heavy atom. The summed E-state index contributed by atoms with van der Waals surface area (Å²) >= 11 is 0. The van der Waals surface area contributed by atoms with Crippen LogP contribution in [0.5, 0.6) is 0 Å². The predicted octanol–water partition coefficient (Wildman–Crippen LogP) is 3.32. The molecule has 0 bridgehead atoms. The third-order valence-electron chi connectivity index (χ3n) is 3.11. The molecular formula is C14H20ClN3. The van der Waals surface area contributed by atoms with Crippen LogP contribution in [0.15, 0.2) is 30.6 Å². The van der Waals surface area contributed by atoms with E-state index < -0.39 is 0 Å². The van der Waals surface area contributed by atoms with E-state index in [0.717, 1.165) is 5.56 Å². The van der Waals surface area contributed by atoms with Gasteiger partial charge in [0, 0.05) is 24.3 Å². The third kappa shape index (κ3) is 2.74. The Morgan fingerprint density at radius 1 is 1.33 bits per heavy atom. The molecule has 0 spiro atoms. The Kier molecular flexibility index (Phi) is 4.93. The minimum Gasteiger partial charge on any atom is -0.326 e. The zero-order valence-electron chi connectivity index (χ0n) is 11.1. The molecule has 1 heterocycles. The number of nitrogens with two attached hydrogens (primary N) is 1. The van der Waals surface area contributed by atoms with Crippen LogP contribution in [-0.4, -0.2) is 9.78 Å². The molecule has 0 fully saturated rings. The van der Waals surface area contributed by atoms with E-state index in [4.69, 9.17) is 5.73 Å². The summed E-state index contributed by atoms with van der Waals surface area (Å²) in [5.41, 5.74) is 10.6. The van der Waals surface area contributed by atoms with Crippen LogP contribution in [0.2, 0.25) is 0 Å². The van der Waals surface area contributed by atoms with Crippen molar-refractivity contribution in [1.29, 1.82) is 0 Å². The highest BCUT2D eigenvalue weighted by molar-refractivity contribution is 5.85. The fourth-order valence-electron chi connectivity index (χ4n) is 1.98. The standard InChI is InChI=1S/C14H19N3.ClH/c1-10(2)17-9-13(8-16-17)14-6-4-5-12(7-15)11(14)3;/h4-6,8-10H,7,15H2,1-3H3;1H. The van der Waals surface area contributed by atoms with E-state index >= 15 is 0 Å². The van der Waals surface area contributed by atoms with Crippen molar-refractivity contribution in [3.63, 3.8) is 0 Å². The molecule has 0 aliphatic rings. The lowest BCUT2D eigenvalue weighted by atomic mass is 9.99. The Morgan fingerprint density at radius 2 is 2.06 bits per heavy atom. The molecular weight excluding hydrogens is 246 g/mol. The number of halogens is 1. The fraction of sp³-hybridized carbons (Fsp3) is 0.357. The summed E-state index contributed by atoms with van der Waals surface area (Å²) in [7, 11) is 0. The molecule has 2 aromatic rings. The molecule has 0 saturated carbocycles. The van der Waals surface area contributed by atoms with Crippen molar-refractivity contribution >= 4 is 12.4 Å². The number of rotatable bonds is 3. The molecule has 4 heteroatoms. The van der Waals surface area contributed by atoms with Crippen LogP contribution in [0, 0.1) is 6.92 Å². The van der Waals surface area contributed by atoms with Gasteiger partial charge in [-0.25, -0.2) is 0 Å². The number of aromatic nitrogens is 2. The van der Waals surface area contributed by atoms with Gasteiger partial charge in [0.1, 0.15) is 0 Å². The van der Waals surface area contributed by atoms with Crippen molar-refractivity contribution in [3.05, 3.63) is 41.7 Å². The zero-order chi connectivity index (χ0) is 12.4. The quantitative estimate of drug-likeness (QED) is 0.925. The molecule has 0 amide bonds. The van der Waals surface area contributed by atoms with Gasteiger partial charge in [0.05, 0.1) is 6.20 Å². The second-order valence-corrected chi connectivity index (χ2v) is 4.60. The maximum atomic E-state index is 5.73. The van der Waals surface area contributed by atoms with Crippen molar-refractivity contribution < 1.29 is 0 Å². The van der Waals surface area contributed by atoms with Gasteiger partial charge in [-0.05, 0) is 37.5 Å². The normalized spacial score (nSPS) is 10.5. The zero-order valence-corrected chi connectivity index (χ0v) is 11.9. The van der Waals surface area contributed by atoms with Gasteiger partial charge in [-0.15, -0.1) is 12.4 Å². The topological polar surface area (TPSA) is 43.8 Å². The van der Waals surface area contributed by atoms with Crippen molar-refractivity contribution in [2.24, 2.45) is 5.73 Å². The largest absolute Gasteiger partial charge is 0.326 e. The maximum Gasteiger partial charge on any atom is 0.0568 e. The number of nitrogens with zero attached hydrogens (tertiary/aromatic N) is 2. The molecule has 0 atom stereocenters. The van der Waals surface area contributed by atoms with Gasteiger partial charge in [0.15, 0.2) is 0 Å². The first-order valence-electron chi connectivity index (χ1n) is 5.96.